The van der Waals surface area contributed by atoms with Crippen LogP contribution in [-0.2, 0) is 14.4 Å². The average molecular weight is 416 g/mol. The first kappa shape index (κ1) is 23.7. The number of nitrogens with one attached hydrogen (secondary N) is 3. The van der Waals surface area contributed by atoms with Crippen LogP contribution in [0.5, 0.6) is 0 Å². The van der Waals surface area contributed by atoms with Gasteiger partial charge in [0.05, 0.1) is 0 Å². The molecule has 0 aromatic carbocycles. The molecule has 1 amide bonds. The van der Waals surface area contributed by atoms with E-state index in [1.807, 2.05) is 0 Å². The summed E-state index contributed by atoms with van der Waals surface area (Å²) in [5.41, 5.74) is -0.188. The Hall–Kier alpha value is -2.36. The quantitative estimate of drug-likeness (QED) is 0.120. The van der Waals surface area contributed by atoms with E-state index >= 15 is 0 Å². The Balaban J connectivity index is 2.69. The minimum atomic E-state index is -1.14. The average Bonchev–Trinajstić information content (AvgIpc) is 2.63. The number of aliphatic hydroxyl groups is 1. The maximum absolute atomic E-state index is 12.6. The Bertz CT molecular complexity index is 602. The van der Waals surface area contributed by atoms with Crippen molar-refractivity contribution < 1.29 is 29.7 Å². The number of thiocarbonyl (C=S) groups is 1. The SMILES string of the molecule is O=C(O)CCCCCN/C(O)=C(\C(=O)NC1CCCCC1)C(=S)NCC(=O)O. The van der Waals surface area contributed by atoms with Crippen molar-refractivity contribution in [1.29, 1.82) is 0 Å². The summed E-state index contributed by atoms with van der Waals surface area (Å²) in [5, 5.41) is 35.7. The largest absolute Gasteiger partial charge is 0.494 e. The van der Waals surface area contributed by atoms with E-state index in [1.165, 1.54) is 0 Å². The standard InChI is InChI=1S/C18H29N3O6S/c22-13(23)9-5-2-6-10-19-16(26)15(18(28)20-11-14(24)25)17(27)21-12-7-3-1-4-8-12/h12,19,26H,1-11H2,(H,20,28)(H,21,27)(H,22,23)(H,24,25)/b16-15-. The lowest BCUT2D eigenvalue weighted by molar-refractivity contribution is -0.137. The van der Waals surface area contributed by atoms with Crippen molar-refractivity contribution in [2.75, 3.05) is 13.1 Å². The normalized spacial score (nSPS) is 15.3. The van der Waals surface area contributed by atoms with Crippen LogP contribution in [0.4, 0.5) is 0 Å². The molecule has 0 bridgehead atoms. The minimum absolute atomic E-state index is 0.00217. The molecule has 158 valence electrons. The molecule has 1 aliphatic carbocycles. The van der Waals surface area contributed by atoms with Gasteiger partial charge in [-0.3, -0.25) is 14.4 Å². The van der Waals surface area contributed by atoms with Crippen LogP contribution in [-0.4, -0.2) is 57.3 Å². The van der Waals surface area contributed by atoms with Gasteiger partial charge in [-0.1, -0.05) is 37.9 Å². The Kier molecular flexibility index (Phi) is 10.9. The van der Waals surface area contributed by atoms with E-state index in [1.54, 1.807) is 0 Å². The van der Waals surface area contributed by atoms with Crippen LogP contribution in [0.1, 0.15) is 57.8 Å². The van der Waals surface area contributed by atoms with Gasteiger partial charge >= 0.3 is 11.9 Å². The molecule has 0 heterocycles. The molecule has 6 N–H and O–H groups in total. The highest BCUT2D eigenvalue weighted by Crippen LogP contribution is 2.18. The van der Waals surface area contributed by atoms with E-state index in [2.05, 4.69) is 16.0 Å². The molecule has 9 nitrogen and oxygen atoms in total. The maximum Gasteiger partial charge on any atom is 0.322 e. The highest BCUT2D eigenvalue weighted by atomic mass is 32.1. The number of carboxylic acid groups (broad SMARTS) is 2. The van der Waals surface area contributed by atoms with Gasteiger partial charge in [0, 0.05) is 19.0 Å². The van der Waals surface area contributed by atoms with Crippen LogP contribution in [0.15, 0.2) is 11.5 Å². The molecular weight excluding hydrogens is 386 g/mol. The Labute approximate surface area is 169 Å². The van der Waals surface area contributed by atoms with Gasteiger partial charge in [-0.25, -0.2) is 0 Å². The number of aliphatic carboxylic acids is 2. The lowest BCUT2D eigenvalue weighted by atomic mass is 9.95. The second-order valence-electron chi connectivity index (χ2n) is 6.74. The predicted octanol–water partition coefficient (Wildman–Crippen LogP) is 1.44. The number of hydrogen-bond acceptors (Lipinski definition) is 6. The Morgan fingerprint density at radius 2 is 1.57 bits per heavy atom. The lowest BCUT2D eigenvalue weighted by Crippen LogP contribution is -2.42. The van der Waals surface area contributed by atoms with Crippen LogP contribution in [0, 0.1) is 0 Å². The zero-order chi connectivity index (χ0) is 20.9. The topological polar surface area (TPSA) is 148 Å². The van der Waals surface area contributed by atoms with Crippen LogP contribution in [0.3, 0.4) is 0 Å². The van der Waals surface area contributed by atoms with E-state index < -0.39 is 30.3 Å². The summed E-state index contributed by atoms with van der Waals surface area (Å²) in [4.78, 5) is 33.7. The second kappa shape index (κ2) is 12.9. The molecule has 0 aromatic heterocycles. The van der Waals surface area contributed by atoms with Gasteiger partial charge in [-0.05, 0) is 25.7 Å². The summed E-state index contributed by atoms with van der Waals surface area (Å²) >= 11 is 5.10. The summed E-state index contributed by atoms with van der Waals surface area (Å²) in [6, 6.07) is 0.00217. The van der Waals surface area contributed by atoms with E-state index in [4.69, 9.17) is 22.4 Å². The second-order valence-corrected chi connectivity index (χ2v) is 7.15. The first-order chi connectivity index (χ1) is 13.3. The number of carboxylic acids is 2. The molecule has 10 heteroatoms. The van der Waals surface area contributed by atoms with Gasteiger partial charge in [0.1, 0.15) is 17.1 Å². The van der Waals surface area contributed by atoms with Gasteiger partial charge in [-0.15, -0.1) is 0 Å². The molecule has 1 aliphatic rings. The van der Waals surface area contributed by atoms with Gasteiger partial charge in [0.2, 0.25) is 0 Å². The fraction of sp³-hybridized carbons (Fsp3) is 0.667. The van der Waals surface area contributed by atoms with Crippen molar-refractivity contribution in [3.8, 4) is 0 Å². The first-order valence-corrected chi connectivity index (χ1v) is 9.91. The lowest BCUT2D eigenvalue weighted by Gasteiger charge is -2.24. The van der Waals surface area contributed by atoms with Crippen molar-refractivity contribution in [3.63, 3.8) is 0 Å². The van der Waals surface area contributed by atoms with Gasteiger partial charge in [-0.2, -0.15) is 0 Å². The van der Waals surface area contributed by atoms with Crippen molar-refractivity contribution in [3.05, 3.63) is 11.5 Å². The van der Waals surface area contributed by atoms with E-state index in [9.17, 15) is 19.5 Å². The third kappa shape index (κ3) is 9.54. The van der Waals surface area contributed by atoms with E-state index in [0.717, 1.165) is 32.1 Å². The van der Waals surface area contributed by atoms with E-state index in [-0.39, 0.29) is 23.0 Å². The van der Waals surface area contributed by atoms with Crippen LogP contribution >= 0.6 is 12.2 Å². The number of carbonyl (C=O) groups is 3. The smallest absolute Gasteiger partial charge is 0.322 e. The van der Waals surface area contributed by atoms with Crippen LogP contribution in [0.25, 0.3) is 0 Å². The maximum atomic E-state index is 12.6. The van der Waals surface area contributed by atoms with Gasteiger partial charge < -0.3 is 31.3 Å². The molecule has 0 aliphatic heterocycles. The highest BCUT2D eigenvalue weighted by molar-refractivity contribution is 7.80. The molecule has 0 saturated heterocycles. The number of amides is 1. The van der Waals surface area contributed by atoms with Crippen molar-refractivity contribution in [2.24, 2.45) is 0 Å². The molecule has 0 unspecified atom stereocenters. The molecule has 0 spiro atoms. The molecule has 0 radical (unpaired) electrons. The van der Waals surface area contributed by atoms with Gasteiger partial charge in [0.25, 0.3) is 5.91 Å². The zero-order valence-electron chi connectivity index (χ0n) is 15.8. The fourth-order valence-electron chi connectivity index (χ4n) is 2.94. The third-order valence-electron chi connectivity index (χ3n) is 4.39. The molecular formula is C18H29N3O6S. The van der Waals surface area contributed by atoms with E-state index in [0.29, 0.717) is 25.8 Å². The minimum Gasteiger partial charge on any atom is -0.494 e. The molecule has 1 rings (SSSR count). The first-order valence-electron chi connectivity index (χ1n) is 9.51. The van der Waals surface area contributed by atoms with Crippen LogP contribution < -0.4 is 16.0 Å². The fourth-order valence-corrected chi connectivity index (χ4v) is 3.20. The molecule has 0 atom stereocenters. The zero-order valence-corrected chi connectivity index (χ0v) is 16.6. The molecule has 1 saturated carbocycles. The highest BCUT2D eigenvalue weighted by Gasteiger charge is 2.24. The summed E-state index contributed by atoms with van der Waals surface area (Å²) in [7, 11) is 0. The summed E-state index contributed by atoms with van der Waals surface area (Å²) < 4.78 is 0. The van der Waals surface area contributed by atoms with Crippen molar-refractivity contribution >= 4 is 35.1 Å². The number of carbonyl (C=O) groups excluding carboxylic acids is 1. The van der Waals surface area contributed by atoms with Crippen LogP contribution in [0.2, 0.25) is 0 Å². The number of aliphatic hydroxyl groups excluding tert-OH is 1. The number of rotatable bonds is 12. The van der Waals surface area contributed by atoms with Gasteiger partial charge in [0.15, 0.2) is 5.88 Å². The predicted molar refractivity (Wildman–Crippen MR) is 107 cm³/mol. The summed E-state index contributed by atoms with van der Waals surface area (Å²) in [5.74, 6) is -2.97. The summed E-state index contributed by atoms with van der Waals surface area (Å²) in [6.45, 7) is -0.144. The van der Waals surface area contributed by atoms with Crippen molar-refractivity contribution in [1.82, 2.24) is 16.0 Å². The summed E-state index contributed by atoms with van der Waals surface area (Å²) in [6.07, 6.45) is 6.73. The molecule has 0 aromatic rings. The monoisotopic (exact) mass is 415 g/mol. The van der Waals surface area contributed by atoms with Crippen molar-refractivity contribution in [2.45, 2.75) is 63.8 Å². The number of unbranched alkanes of at least 4 members (excludes halogenated alkanes) is 2. The third-order valence-corrected chi connectivity index (χ3v) is 4.74. The number of hydrogen-bond donors (Lipinski definition) is 6. The molecule has 28 heavy (non-hydrogen) atoms. The Morgan fingerprint density at radius 1 is 0.893 bits per heavy atom. The molecule has 1 fully saturated rings. The Morgan fingerprint density at radius 3 is 2.18 bits per heavy atom.